The highest BCUT2D eigenvalue weighted by Gasteiger charge is 2.26. The fraction of sp³-hybridized carbons (Fsp3) is 0.381. The van der Waals surface area contributed by atoms with Crippen molar-refractivity contribution in [2.75, 3.05) is 39.5 Å². The van der Waals surface area contributed by atoms with Crippen LogP contribution in [0.15, 0.2) is 34.2 Å². The molecule has 0 atom stereocenters. The number of rotatable bonds is 6. The van der Waals surface area contributed by atoms with Crippen molar-refractivity contribution < 1.29 is 18.8 Å². The number of carbonyl (C=O) groups excluding carboxylic acids is 1. The van der Waals surface area contributed by atoms with E-state index in [1.54, 1.807) is 23.5 Å². The molecule has 1 aromatic carbocycles. The molecule has 5 rings (SSSR count). The summed E-state index contributed by atoms with van der Waals surface area (Å²) in [5.41, 5.74) is 0.528. The first-order valence-electron chi connectivity index (χ1n) is 10.1. The van der Waals surface area contributed by atoms with Crippen molar-refractivity contribution >= 4 is 28.8 Å². The van der Waals surface area contributed by atoms with Gasteiger partial charge in [-0.05, 0) is 36.5 Å². The highest BCUT2D eigenvalue weighted by Crippen LogP contribution is 2.40. The Labute approximate surface area is 188 Å². The average molecular weight is 461 g/mol. The molecule has 1 saturated heterocycles. The molecule has 2 aliphatic rings. The predicted octanol–water partition coefficient (Wildman–Crippen LogP) is 3.57. The van der Waals surface area contributed by atoms with Crippen LogP contribution in [-0.4, -0.2) is 65.4 Å². The van der Waals surface area contributed by atoms with Gasteiger partial charge in [-0.15, -0.1) is 11.3 Å². The second kappa shape index (κ2) is 8.86. The summed E-state index contributed by atoms with van der Waals surface area (Å²) in [7, 11) is 0. The van der Waals surface area contributed by atoms with Crippen LogP contribution in [0.4, 0.5) is 0 Å². The van der Waals surface area contributed by atoms with E-state index in [4.69, 9.17) is 25.6 Å². The van der Waals surface area contributed by atoms with Gasteiger partial charge < -0.3 is 18.9 Å². The van der Waals surface area contributed by atoms with Gasteiger partial charge in [0.2, 0.25) is 18.5 Å². The van der Waals surface area contributed by atoms with E-state index in [1.165, 1.54) is 0 Å². The van der Waals surface area contributed by atoms with Crippen LogP contribution >= 0.6 is 22.9 Å². The van der Waals surface area contributed by atoms with Crippen LogP contribution in [-0.2, 0) is 6.42 Å². The van der Waals surface area contributed by atoms with Crippen LogP contribution < -0.4 is 9.47 Å². The van der Waals surface area contributed by atoms with Crippen molar-refractivity contribution in [1.29, 1.82) is 0 Å². The lowest BCUT2D eigenvalue weighted by Gasteiger charge is -2.34. The largest absolute Gasteiger partial charge is 0.454 e. The topological polar surface area (TPSA) is 80.9 Å². The Morgan fingerprint density at radius 1 is 1.19 bits per heavy atom. The van der Waals surface area contributed by atoms with Crippen molar-refractivity contribution in [2.24, 2.45) is 0 Å². The summed E-state index contributed by atoms with van der Waals surface area (Å²) in [5.74, 6) is 2.31. The Bertz CT molecular complexity index is 1060. The maximum absolute atomic E-state index is 12.9. The van der Waals surface area contributed by atoms with E-state index < -0.39 is 0 Å². The maximum atomic E-state index is 12.9. The third-order valence-electron chi connectivity index (χ3n) is 5.41. The van der Waals surface area contributed by atoms with Crippen LogP contribution in [0.5, 0.6) is 11.5 Å². The number of hydrogen-bond acceptors (Lipinski definition) is 8. The number of halogens is 1. The summed E-state index contributed by atoms with van der Waals surface area (Å²) < 4.78 is 16.0. The van der Waals surface area contributed by atoms with Crippen molar-refractivity contribution in [3.63, 3.8) is 0 Å². The second-order valence-electron chi connectivity index (χ2n) is 7.42. The van der Waals surface area contributed by atoms with Gasteiger partial charge in [0.25, 0.3) is 5.91 Å². The van der Waals surface area contributed by atoms with Gasteiger partial charge in [-0.3, -0.25) is 9.69 Å². The maximum Gasteiger partial charge on any atom is 0.254 e. The van der Waals surface area contributed by atoms with E-state index in [-0.39, 0.29) is 12.7 Å². The Morgan fingerprint density at radius 3 is 2.87 bits per heavy atom. The highest BCUT2D eigenvalue weighted by atomic mass is 35.5. The molecule has 8 nitrogen and oxygen atoms in total. The molecule has 1 amide bonds. The van der Waals surface area contributed by atoms with Crippen LogP contribution in [0.2, 0.25) is 5.02 Å². The van der Waals surface area contributed by atoms with Gasteiger partial charge in [0, 0.05) is 38.2 Å². The number of thiophene rings is 1. The summed E-state index contributed by atoms with van der Waals surface area (Å²) in [6.07, 6.45) is 1.67. The molecule has 0 bridgehead atoms. The number of piperazine rings is 1. The Kier molecular flexibility index (Phi) is 5.80. The number of aromatic nitrogens is 2. The molecule has 0 saturated carbocycles. The van der Waals surface area contributed by atoms with Crippen molar-refractivity contribution in [2.45, 2.75) is 12.8 Å². The Morgan fingerprint density at radius 2 is 2.06 bits per heavy atom. The summed E-state index contributed by atoms with van der Waals surface area (Å²) in [4.78, 5) is 22.6. The highest BCUT2D eigenvalue weighted by molar-refractivity contribution is 7.13. The van der Waals surface area contributed by atoms with Crippen LogP contribution in [0.3, 0.4) is 0 Å². The van der Waals surface area contributed by atoms with E-state index in [0.29, 0.717) is 46.9 Å². The molecule has 4 heterocycles. The zero-order chi connectivity index (χ0) is 21.2. The quantitative estimate of drug-likeness (QED) is 0.556. The molecule has 0 aliphatic carbocycles. The minimum Gasteiger partial charge on any atom is -0.454 e. The van der Waals surface area contributed by atoms with Gasteiger partial charge >= 0.3 is 0 Å². The van der Waals surface area contributed by atoms with Gasteiger partial charge in [0.05, 0.1) is 9.90 Å². The number of nitrogens with zero attached hydrogens (tertiary/aromatic N) is 4. The molecular weight excluding hydrogens is 440 g/mol. The van der Waals surface area contributed by atoms with E-state index in [2.05, 4.69) is 15.0 Å². The average Bonchev–Trinajstić information content (AvgIpc) is 3.54. The Balaban J connectivity index is 1.09. The molecule has 0 N–H and O–H groups in total. The number of aryl methyl sites for hydroxylation is 1. The summed E-state index contributed by atoms with van der Waals surface area (Å²) in [5, 5.41) is 6.45. The number of amides is 1. The molecule has 0 unspecified atom stereocenters. The SMILES string of the molecule is O=C(c1cc(Cl)c2c(c1)OCO2)N1CCN(CCCc2nc(-c3cccs3)no2)CC1. The molecule has 0 radical (unpaired) electrons. The van der Waals surface area contributed by atoms with Gasteiger partial charge in [-0.1, -0.05) is 22.8 Å². The fourth-order valence-electron chi connectivity index (χ4n) is 3.76. The Hall–Kier alpha value is -2.62. The third-order valence-corrected chi connectivity index (χ3v) is 6.55. The van der Waals surface area contributed by atoms with Gasteiger partial charge in [0.1, 0.15) is 0 Å². The second-order valence-corrected chi connectivity index (χ2v) is 8.77. The standard InChI is InChI=1S/C21H21ClN4O4S/c22-15-11-14(12-16-19(15)29-13-28-16)21(27)26-8-6-25(7-9-26)5-1-4-18-23-20(24-30-18)17-3-2-10-31-17/h2-3,10-12H,1,4-9,13H2. The lowest BCUT2D eigenvalue weighted by Crippen LogP contribution is -2.48. The first-order chi connectivity index (χ1) is 15.2. The molecule has 1 fully saturated rings. The minimum absolute atomic E-state index is 0.0354. The normalized spacial score (nSPS) is 16.1. The van der Waals surface area contributed by atoms with Crippen molar-refractivity contribution in [1.82, 2.24) is 19.9 Å². The van der Waals surface area contributed by atoms with Crippen LogP contribution in [0, 0.1) is 0 Å². The number of benzene rings is 1. The molecule has 31 heavy (non-hydrogen) atoms. The van der Waals surface area contributed by atoms with E-state index in [9.17, 15) is 4.79 Å². The number of fused-ring (bicyclic) bond motifs is 1. The van der Waals surface area contributed by atoms with Gasteiger partial charge in [0.15, 0.2) is 11.5 Å². The van der Waals surface area contributed by atoms with Crippen molar-refractivity contribution in [3.8, 4) is 22.2 Å². The lowest BCUT2D eigenvalue weighted by molar-refractivity contribution is 0.0635. The van der Waals surface area contributed by atoms with E-state index in [1.807, 2.05) is 22.4 Å². The molecular formula is C21H21ClN4O4S. The number of hydrogen-bond donors (Lipinski definition) is 0. The summed E-state index contributed by atoms with van der Waals surface area (Å²) >= 11 is 7.82. The lowest BCUT2D eigenvalue weighted by atomic mass is 10.1. The van der Waals surface area contributed by atoms with Crippen LogP contribution in [0.25, 0.3) is 10.7 Å². The first-order valence-corrected chi connectivity index (χ1v) is 11.4. The van der Waals surface area contributed by atoms with Gasteiger partial charge in [-0.2, -0.15) is 4.98 Å². The molecule has 2 aromatic heterocycles. The summed E-state index contributed by atoms with van der Waals surface area (Å²) in [6.45, 7) is 4.06. The molecule has 2 aliphatic heterocycles. The summed E-state index contributed by atoms with van der Waals surface area (Å²) in [6, 6.07) is 7.32. The van der Waals surface area contributed by atoms with Crippen molar-refractivity contribution in [3.05, 3.63) is 46.1 Å². The van der Waals surface area contributed by atoms with Crippen LogP contribution in [0.1, 0.15) is 22.7 Å². The molecule has 10 heteroatoms. The molecule has 162 valence electrons. The van der Waals surface area contributed by atoms with E-state index >= 15 is 0 Å². The third kappa shape index (κ3) is 4.39. The predicted molar refractivity (Wildman–Crippen MR) is 116 cm³/mol. The van der Waals surface area contributed by atoms with Gasteiger partial charge in [-0.25, -0.2) is 0 Å². The zero-order valence-electron chi connectivity index (χ0n) is 16.8. The molecule has 0 spiro atoms. The number of carbonyl (C=O) groups is 1. The number of ether oxygens (including phenoxy) is 2. The first kappa shape index (κ1) is 20.3. The smallest absolute Gasteiger partial charge is 0.254 e. The zero-order valence-corrected chi connectivity index (χ0v) is 18.3. The minimum atomic E-state index is -0.0354. The fourth-order valence-corrected chi connectivity index (χ4v) is 4.68. The monoisotopic (exact) mass is 460 g/mol. The van der Waals surface area contributed by atoms with E-state index in [0.717, 1.165) is 37.4 Å². The molecule has 3 aromatic rings.